The molecule has 2 nitrogen and oxygen atoms in total. The zero-order valence-corrected chi connectivity index (χ0v) is 12.7. The van der Waals surface area contributed by atoms with Gasteiger partial charge in [0.1, 0.15) is 5.78 Å². The summed E-state index contributed by atoms with van der Waals surface area (Å²) in [6, 6.07) is 0. The van der Waals surface area contributed by atoms with Crippen molar-refractivity contribution in [2.24, 2.45) is 5.41 Å². The third-order valence-electron chi connectivity index (χ3n) is 5.15. The van der Waals surface area contributed by atoms with Gasteiger partial charge >= 0.3 is 0 Å². The predicted octanol–water partition coefficient (Wildman–Crippen LogP) is 4.65. The van der Waals surface area contributed by atoms with E-state index in [2.05, 4.69) is 13.8 Å². The van der Waals surface area contributed by atoms with Crippen LogP contribution in [0.2, 0.25) is 0 Å². The van der Waals surface area contributed by atoms with Crippen LogP contribution < -0.4 is 0 Å². The second-order valence-corrected chi connectivity index (χ2v) is 6.63. The molecule has 2 saturated carbocycles. The molecule has 0 radical (unpaired) electrons. The Morgan fingerprint density at radius 2 is 1.95 bits per heavy atom. The molecule has 19 heavy (non-hydrogen) atoms. The van der Waals surface area contributed by atoms with Crippen LogP contribution in [0.1, 0.15) is 84.5 Å². The van der Waals surface area contributed by atoms with Gasteiger partial charge in [0, 0.05) is 6.42 Å². The quantitative estimate of drug-likeness (QED) is 0.627. The molecule has 2 atom stereocenters. The largest absolute Gasteiger partial charge is 0.374 e. The summed E-state index contributed by atoms with van der Waals surface area (Å²) in [6.07, 6.45) is 13.5. The number of hydrogen-bond acceptors (Lipinski definition) is 2. The van der Waals surface area contributed by atoms with E-state index in [1.54, 1.807) is 0 Å². The second kappa shape index (κ2) is 6.88. The lowest BCUT2D eigenvalue weighted by Crippen LogP contribution is -2.57. The van der Waals surface area contributed by atoms with Gasteiger partial charge < -0.3 is 4.74 Å². The second-order valence-electron chi connectivity index (χ2n) is 6.63. The van der Waals surface area contributed by atoms with Crippen LogP contribution in [-0.4, -0.2) is 18.0 Å². The van der Waals surface area contributed by atoms with E-state index in [1.807, 2.05) is 0 Å². The topological polar surface area (TPSA) is 26.3 Å². The van der Waals surface area contributed by atoms with Crippen molar-refractivity contribution in [3.63, 3.8) is 0 Å². The molecule has 2 unspecified atom stereocenters. The lowest BCUT2D eigenvalue weighted by molar-refractivity contribution is -0.176. The summed E-state index contributed by atoms with van der Waals surface area (Å²) in [5, 5.41) is 0. The molecular weight excluding hydrogens is 236 g/mol. The van der Waals surface area contributed by atoms with E-state index in [-0.39, 0.29) is 11.5 Å². The van der Waals surface area contributed by atoms with Crippen LogP contribution in [0.15, 0.2) is 0 Å². The van der Waals surface area contributed by atoms with Gasteiger partial charge in [-0.2, -0.15) is 0 Å². The van der Waals surface area contributed by atoms with Gasteiger partial charge in [-0.15, -0.1) is 0 Å². The highest BCUT2D eigenvalue weighted by Crippen LogP contribution is 2.50. The minimum atomic E-state index is -0.0596. The number of ether oxygens (including phenoxy) is 1. The Labute approximate surface area is 118 Å². The third-order valence-corrected chi connectivity index (χ3v) is 5.15. The molecule has 1 spiro atoms. The number of unbranched alkanes of at least 4 members (excludes halogenated alkanes) is 3. The van der Waals surface area contributed by atoms with Gasteiger partial charge in [-0.3, -0.25) is 4.79 Å². The highest BCUT2D eigenvalue weighted by Gasteiger charge is 2.55. The smallest absolute Gasteiger partial charge is 0.144 e. The summed E-state index contributed by atoms with van der Waals surface area (Å²) < 4.78 is 6.21. The summed E-state index contributed by atoms with van der Waals surface area (Å²) in [5.74, 6) is 0.482. The van der Waals surface area contributed by atoms with E-state index < -0.39 is 0 Å². The van der Waals surface area contributed by atoms with E-state index >= 15 is 0 Å². The maximum Gasteiger partial charge on any atom is 0.144 e. The minimum absolute atomic E-state index is 0.0596. The highest BCUT2D eigenvalue weighted by atomic mass is 16.5. The van der Waals surface area contributed by atoms with Crippen LogP contribution in [0.3, 0.4) is 0 Å². The lowest BCUT2D eigenvalue weighted by atomic mass is 9.57. The van der Waals surface area contributed by atoms with Crippen LogP contribution >= 0.6 is 0 Å². The minimum Gasteiger partial charge on any atom is -0.374 e. The molecule has 0 aromatic carbocycles. The molecule has 0 N–H and O–H groups in total. The van der Waals surface area contributed by atoms with Gasteiger partial charge in [0.25, 0.3) is 0 Å². The normalized spacial score (nSPS) is 27.3. The number of Topliss-reactive ketones (excluding diaryl/α,β-unsaturated/α-hetero) is 1. The summed E-state index contributed by atoms with van der Waals surface area (Å²) in [5.41, 5.74) is -0.0596. The molecule has 2 aliphatic carbocycles. The molecule has 2 aliphatic rings. The van der Waals surface area contributed by atoms with Gasteiger partial charge in [0.15, 0.2) is 0 Å². The van der Waals surface area contributed by atoms with Crippen molar-refractivity contribution in [2.75, 3.05) is 0 Å². The van der Waals surface area contributed by atoms with Crippen LogP contribution in [0, 0.1) is 5.41 Å². The SMILES string of the molecule is CCCCCCC(C)OC1CC(=O)C12CCCCC2. The van der Waals surface area contributed by atoms with Crippen LogP contribution in [0.25, 0.3) is 0 Å². The molecule has 2 fully saturated rings. The van der Waals surface area contributed by atoms with Crippen molar-refractivity contribution in [2.45, 2.75) is 96.7 Å². The highest BCUT2D eigenvalue weighted by molar-refractivity contribution is 5.92. The monoisotopic (exact) mass is 266 g/mol. The molecule has 0 aromatic rings. The Kier molecular flexibility index (Phi) is 5.44. The molecule has 0 saturated heterocycles. The van der Waals surface area contributed by atoms with E-state index in [0.717, 1.165) is 19.3 Å². The zero-order chi connectivity index (χ0) is 13.7. The van der Waals surface area contributed by atoms with E-state index in [9.17, 15) is 4.79 Å². The van der Waals surface area contributed by atoms with E-state index in [4.69, 9.17) is 4.74 Å². The number of hydrogen-bond donors (Lipinski definition) is 0. The van der Waals surface area contributed by atoms with Gasteiger partial charge in [-0.05, 0) is 26.2 Å². The molecule has 0 heterocycles. The number of carbonyl (C=O) groups is 1. The van der Waals surface area contributed by atoms with E-state index in [1.165, 1.54) is 44.9 Å². The van der Waals surface area contributed by atoms with Gasteiger partial charge in [0.05, 0.1) is 17.6 Å². The predicted molar refractivity (Wildman–Crippen MR) is 78.2 cm³/mol. The Morgan fingerprint density at radius 3 is 2.58 bits per heavy atom. The molecule has 110 valence electrons. The molecule has 0 bridgehead atoms. The molecule has 2 rings (SSSR count). The molecule has 0 aromatic heterocycles. The maximum atomic E-state index is 12.0. The van der Waals surface area contributed by atoms with Gasteiger partial charge in [0.2, 0.25) is 0 Å². The van der Waals surface area contributed by atoms with Crippen molar-refractivity contribution >= 4 is 5.78 Å². The first-order chi connectivity index (χ1) is 9.19. The number of ketones is 1. The first-order valence-corrected chi connectivity index (χ1v) is 8.38. The Bertz CT molecular complexity index is 292. The van der Waals surface area contributed by atoms with Gasteiger partial charge in [-0.25, -0.2) is 0 Å². The van der Waals surface area contributed by atoms with Crippen LogP contribution in [-0.2, 0) is 9.53 Å². The fourth-order valence-electron chi connectivity index (χ4n) is 3.78. The average Bonchev–Trinajstić information content (AvgIpc) is 2.44. The van der Waals surface area contributed by atoms with Crippen LogP contribution in [0.4, 0.5) is 0 Å². The first kappa shape index (κ1) is 15.0. The van der Waals surface area contributed by atoms with Crippen molar-refractivity contribution in [3.8, 4) is 0 Å². The summed E-state index contributed by atoms with van der Waals surface area (Å²) >= 11 is 0. The van der Waals surface area contributed by atoms with Crippen LogP contribution in [0.5, 0.6) is 0 Å². The zero-order valence-electron chi connectivity index (χ0n) is 12.7. The van der Waals surface area contributed by atoms with E-state index in [0.29, 0.717) is 18.3 Å². The molecular formula is C17H30O2. The molecule has 2 heteroatoms. The van der Waals surface area contributed by atoms with Crippen molar-refractivity contribution in [3.05, 3.63) is 0 Å². The molecule has 0 amide bonds. The third kappa shape index (κ3) is 3.39. The summed E-state index contributed by atoms with van der Waals surface area (Å²) in [4.78, 5) is 12.0. The Hall–Kier alpha value is -0.370. The number of carbonyl (C=O) groups excluding carboxylic acids is 1. The van der Waals surface area contributed by atoms with Gasteiger partial charge in [-0.1, -0.05) is 51.9 Å². The van der Waals surface area contributed by atoms with Crippen molar-refractivity contribution < 1.29 is 9.53 Å². The van der Waals surface area contributed by atoms with Crippen molar-refractivity contribution in [1.29, 1.82) is 0 Å². The fourth-order valence-corrected chi connectivity index (χ4v) is 3.78. The molecule has 0 aliphatic heterocycles. The summed E-state index contributed by atoms with van der Waals surface area (Å²) in [6.45, 7) is 4.43. The average molecular weight is 266 g/mol. The Balaban J connectivity index is 1.74. The summed E-state index contributed by atoms with van der Waals surface area (Å²) in [7, 11) is 0. The standard InChI is InChI=1S/C17H30O2/c1-3-4-5-7-10-14(2)19-16-13-15(18)17(16)11-8-6-9-12-17/h14,16H,3-13H2,1-2H3. The fraction of sp³-hybridized carbons (Fsp3) is 0.941. The maximum absolute atomic E-state index is 12.0. The van der Waals surface area contributed by atoms with Crippen molar-refractivity contribution in [1.82, 2.24) is 0 Å². The Morgan fingerprint density at radius 1 is 1.21 bits per heavy atom. The lowest BCUT2D eigenvalue weighted by Gasteiger charge is -2.50. The first-order valence-electron chi connectivity index (χ1n) is 8.38. The number of rotatable bonds is 7.